The lowest BCUT2D eigenvalue weighted by molar-refractivity contribution is 0.102. The van der Waals surface area contributed by atoms with Gasteiger partial charge < -0.3 is 14.8 Å². The zero-order valence-corrected chi connectivity index (χ0v) is 16.2. The molecule has 26 heavy (non-hydrogen) atoms. The van der Waals surface area contributed by atoms with Crippen LogP contribution in [0.1, 0.15) is 10.4 Å². The predicted molar refractivity (Wildman–Crippen MR) is 107 cm³/mol. The van der Waals surface area contributed by atoms with Crippen LogP contribution in [-0.4, -0.2) is 13.0 Å². The lowest BCUT2D eigenvalue weighted by atomic mass is 10.2. The van der Waals surface area contributed by atoms with Gasteiger partial charge in [-0.1, -0.05) is 11.6 Å². The van der Waals surface area contributed by atoms with Crippen LogP contribution in [0.4, 0.5) is 5.69 Å². The maximum Gasteiger partial charge on any atom is 0.255 e. The van der Waals surface area contributed by atoms with Crippen LogP contribution in [0.3, 0.4) is 0 Å². The lowest BCUT2D eigenvalue weighted by Gasteiger charge is -2.09. The summed E-state index contributed by atoms with van der Waals surface area (Å²) in [6, 6.07) is 19.4. The molecule has 0 fully saturated rings. The van der Waals surface area contributed by atoms with Gasteiger partial charge in [-0.05, 0) is 82.7 Å². The van der Waals surface area contributed by atoms with E-state index in [0.717, 1.165) is 4.47 Å². The average molecular weight is 433 g/mol. The minimum absolute atomic E-state index is 0.209. The third-order valence-corrected chi connectivity index (χ3v) is 4.45. The number of rotatable bonds is 5. The first-order valence-electron chi connectivity index (χ1n) is 7.73. The van der Waals surface area contributed by atoms with Crippen molar-refractivity contribution in [3.05, 3.63) is 81.8 Å². The van der Waals surface area contributed by atoms with Crippen molar-refractivity contribution in [1.82, 2.24) is 0 Å². The van der Waals surface area contributed by atoms with Gasteiger partial charge in [0.15, 0.2) is 0 Å². The van der Waals surface area contributed by atoms with E-state index in [9.17, 15) is 4.79 Å². The molecular formula is C20H15BrClNO3. The summed E-state index contributed by atoms with van der Waals surface area (Å²) in [6.45, 7) is 0. The summed E-state index contributed by atoms with van der Waals surface area (Å²) in [5.41, 5.74) is 1.20. The van der Waals surface area contributed by atoms with Gasteiger partial charge >= 0.3 is 0 Å². The SMILES string of the molecule is COc1ccc(C(=O)Nc2ccc(Oc3ccc(Cl)cc3)cc2)cc1Br. The highest BCUT2D eigenvalue weighted by atomic mass is 79.9. The molecule has 0 bridgehead atoms. The Balaban J connectivity index is 1.66. The van der Waals surface area contributed by atoms with Gasteiger partial charge in [-0.25, -0.2) is 0 Å². The number of nitrogens with one attached hydrogen (secondary N) is 1. The van der Waals surface area contributed by atoms with Gasteiger partial charge in [-0.15, -0.1) is 0 Å². The number of halogens is 2. The summed E-state index contributed by atoms with van der Waals surface area (Å²) >= 11 is 9.23. The molecule has 6 heteroatoms. The smallest absolute Gasteiger partial charge is 0.255 e. The van der Waals surface area contributed by atoms with E-state index in [0.29, 0.717) is 33.5 Å². The highest BCUT2D eigenvalue weighted by molar-refractivity contribution is 9.10. The van der Waals surface area contributed by atoms with Gasteiger partial charge in [-0.3, -0.25) is 4.79 Å². The second-order valence-corrected chi connectivity index (χ2v) is 6.67. The molecule has 0 heterocycles. The van der Waals surface area contributed by atoms with Gasteiger partial charge in [0.25, 0.3) is 5.91 Å². The monoisotopic (exact) mass is 431 g/mol. The highest BCUT2D eigenvalue weighted by Crippen LogP contribution is 2.27. The van der Waals surface area contributed by atoms with Gasteiger partial charge in [-0.2, -0.15) is 0 Å². The van der Waals surface area contributed by atoms with Crippen LogP contribution in [0.15, 0.2) is 71.2 Å². The molecule has 0 unspecified atom stereocenters. The molecule has 132 valence electrons. The molecule has 3 aromatic carbocycles. The number of amides is 1. The van der Waals surface area contributed by atoms with E-state index in [1.807, 2.05) is 0 Å². The first kappa shape index (κ1) is 18.3. The minimum Gasteiger partial charge on any atom is -0.496 e. The molecule has 0 aromatic heterocycles. The van der Waals surface area contributed by atoms with Crippen molar-refractivity contribution in [2.24, 2.45) is 0 Å². The molecule has 1 amide bonds. The number of carbonyl (C=O) groups excluding carboxylic acids is 1. The van der Waals surface area contributed by atoms with Crippen molar-refractivity contribution in [3.63, 3.8) is 0 Å². The first-order valence-corrected chi connectivity index (χ1v) is 8.90. The van der Waals surface area contributed by atoms with Crippen molar-refractivity contribution >= 4 is 39.1 Å². The normalized spacial score (nSPS) is 10.3. The van der Waals surface area contributed by atoms with Gasteiger partial charge in [0, 0.05) is 16.3 Å². The number of ether oxygens (including phenoxy) is 2. The summed E-state index contributed by atoms with van der Waals surface area (Å²) in [7, 11) is 1.58. The summed E-state index contributed by atoms with van der Waals surface area (Å²) in [6.07, 6.45) is 0. The quantitative estimate of drug-likeness (QED) is 0.525. The zero-order chi connectivity index (χ0) is 18.5. The van der Waals surface area contributed by atoms with Crippen LogP contribution in [0.2, 0.25) is 5.02 Å². The van der Waals surface area contributed by atoms with Gasteiger partial charge in [0.2, 0.25) is 0 Å². The van der Waals surface area contributed by atoms with Crippen LogP contribution >= 0.6 is 27.5 Å². The topological polar surface area (TPSA) is 47.6 Å². The van der Waals surface area contributed by atoms with E-state index in [4.69, 9.17) is 21.1 Å². The molecular weight excluding hydrogens is 418 g/mol. The van der Waals surface area contributed by atoms with Crippen LogP contribution < -0.4 is 14.8 Å². The predicted octanol–water partition coefficient (Wildman–Crippen LogP) is 6.16. The molecule has 0 saturated heterocycles. The first-order chi connectivity index (χ1) is 12.5. The summed E-state index contributed by atoms with van der Waals surface area (Å²) in [5, 5.41) is 3.50. The summed E-state index contributed by atoms with van der Waals surface area (Å²) in [4.78, 5) is 12.4. The van der Waals surface area contributed by atoms with E-state index in [-0.39, 0.29) is 5.91 Å². The van der Waals surface area contributed by atoms with E-state index in [2.05, 4.69) is 21.2 Å². The van der Waals surface area contributed by atoms with Gasteiger partial charge in [0.05, 0.1) is 11.6 Å². The Morgan fingerprint density at radius 1 is 0.962 bits per heavy atom. The Morgan fingerprint density at radius 2 is 1.58 bits per heavy atom. The molecule has 4 nitrogen and oxygen atoms in total. The Kier molecular flexibility index (Phi) is 5.81. The zero-order valence-electron chi connectivity index (χ0n) is 13.8. The molecule has 0 saturated carbocycles. The van der Waals surface area contributed by atoms with E-state index >= 15 is 0 Å². The Labute approximate surface area is 164 Å². The molecule has 0 atom stereocenters. The largest absolute Gasteiger partial charge is 0.496 e. The van der Waals surface area contributed by atoms with Crippen molar-refractivity contribution in [2.45, 2.75) is 0 Å². The number of benzene rings is 3. The molecule has 0 aliphatic rings. The molecule has 3 aromatic rings. The standard InChI is InChI=1S/C20H15BrClNO3/c1-25-19-11-2-13(12-18(19)21)20(24)23-15-5-9-17(10-6-15)26-16-7-3-14(22)4-8-16/h2-12H,1H3,(H,23,24). The third kappa shape index (κ3) is 4.56. The fourth-order valence-electron chi connectivity index (χ4n) is 2.26. The van der Waals surface area contributed by atoms with Crippen LogP contribution in [0.25, 0.3) is 0 Å². The number of carbonyl (C=O) groups is 1. The Morgan fingerprint density at radius 3 is 2.15 bits per heavy atom. The number of methoxy groups -OCH3 is 1. The fraction of sp³-hybridized carbons (Fsp3) is 0.0500. The molecule has 0 radical (unpaired) electrons. The molecule has 0 aliphatic heterocycles. The maximum absolute atomic E-state index is 12.4. The van der Waals surface area contributed by atoms with E-state index < -0.39 is 0 Å². The van der Waals surface area contributed by atoms with Crippen LogP contribution in [0, 0.1) is 0 Å². The Bertz CT molecular complexity index is 911. The van der Waals surface area contributed by atoms with Crippen LogP contribution in [-0.2, 0) is 0 Å². The number of hydrogen-bond acceptors (Lipinski definition) is 3. The van der Waals surface area contributed by atoms with Crippen molar-refractivity contribution in [1.29, 1.82) is 0 Å². The fourth-order valence-corrected chi connectivity index (χ4v) is 2.92. The second-order valence-electron chi connectivity index (χ2n) is 5.38. The molecule has 0 aliphatic carbocycles. The van der Waals surface area contributed by atoms with Crippen molar-refractivity contribution in [3.8, 4) is 17.2 Å². The lowest BCUT2D eigenvalue weighted by Crippen LogP contribution is -2.11. The molecule has 0 spiro atoms. The van der Waals surface area contributed by atoms with E-state index in [1.165, 1.54) is 0 Å². The van der Waals surface area contributed by atoms with Crippen LogP contribution in [0.5, 0.6) is 17.2 Å². The average Bonchev–Trinajstić information content (AvgIpc) is 2.65. The maximum atomic E-state index is 12.4. The molecule has 3 rings (SSSR count). The molecule has 1 N–H and O–H groups in total. The third-order valence-electron chi connectivity index (χ3n) is 3.58. The summed E-state index contributed by atoms with van der Waals surface area (Å²) < 4.78 is 11.6. The number of hydrogen-bond donors (Lipinski definition) is 1. The van der Waals surface area contributed by atoms with Crippen molar-refractivity contribution < 1.29 is 14.3 Å². The van der Waals surface area contributed by atoms with Gasteiger partial charge in [0.1, 0.15) is 17.2 Å². The van der Waals surface area contributed by atoms with E-state index in [1.54, 1.807) is 73.8 Å². The minimum atomic E-state index is -0.209. The number of anilines is 1. The van der Waals surface area contributed by atoms with Crippen molar-refractivity contribution in [2.75, 3.05) is 12.4 Å². The Hall–Kier alpha value is -2.50. The summed E-state index contributed by atoms with van der Waals surface area (Å²) in [5.74, 6) is 1.82. The second kappa shape index (κ2) is 8.25. The highest BCUT2D eigenvalue weighted by Gasteiger charge is 2.09.